The number of hydrogen-bond donors (Lipinski definition) is 1. The molecular weight excluding hydrogens is 218 g/mol. The van der Waals surface area contributed by atoms with Crippen LogP contribution >= 0.6 is 11.8 Å². The highest BCUT2D eigenvalue weighted by Crippen LogP contribution is 2.27. The van der Waals surface area contributed by atoms with E-state index >= 15 is 0 Å². The van der Waals surface area contributed by atoms with E-state index in [1.165, 1.54) is 31.4 Å². The summed E-state index contributed by atoms with van der Waals surface area (Å²) in [5, 5.41) is 4.56. The fourth-order valence-corrected chi connectivity index (χ4v) is 4.04. The largest absolute Gasteiger partial charge is 0.378 e. The Morgan fingerprint density at radius 1 is 1.38 bits per heavy atom. The minimum absolute atomic E-state index is 0.513. The number of rotatable bonds is 4. The van der Waals surface area contributed by atoms with Crippen LogP contribution in [0.15, 0.2) is 0 Å². The Balaban J connectivity index is 1.73. The Labute approximate surface area is 104 Å². The average Bonchev–Trinajstić information content (AvgIpc) is 2.75. The second-order valence-corrected chi connectivity index (χ2v) is 6.58. The summed E-state index contributed by atoms with van der Waals surface area (Å²) >= 11 is 2.12. The lowest BCUT2D eigenvalue weighted by Crippen LogP contribution is -2.42. The van der Waals surface area contributed by atoms with Gasteiger partial charge in [-0.2, -0.15) is 11.8 Å². The lowest BCUT2D eigenvalue weighted by molar-refractivity contribution is 0.0865. The molecule has 2 fully saturated rings. The smallest absolute Gasteiger partial charge is 0.0613 e. The zero-order valence-electron chi connectivity index (χ0n) is 10.6. The van der Waals surface area contributed by atoms with Crippen molar-refractivity contribution in [2.75, 3.05) is 18.9 Å². The molecule has 0 aromatic carbocycles. The molecule has 4 unspecified atom stereocenters. The zero-order valence-corrected chi connectivity index (χ0v) is 11.4. The standard InChI is InChI=1S/C13H25NOS/c1-3-13-11(6-7-15-13)9-14-12-5-4-8-16-10(12)2/h10-14H,3-9H2,1-2H3. The number of hydrogen-bond acceptors (Lipinski definition) is 3. The third kappa shape index (κ3) is 3.14. The maximum Gasteiger partial charge on any atom is 0.0613 e. The van der Waals surface area contributed by atoms with Crippen LogP contribution in [0.4, 0.5) is 0 Å². The van der Waals surface area contributed by atoms with Crippen LogP contribution in [0.1, 0.15) is 39.5 Å². The summed E-state index contributed by atoms with van der Waals surface area (Å²) in [6, 6.07) is 0.733. The van der Waals surface area contributed by atoms with Crippen LogP contribution < -0.4 is 5.32 Å². The first kappa shape index (κ1) is 12.7. The fourth-order valence-electron chi connectivity index (χ4n) is 2.87. The van der Waals surface area contributed by atoms with Gasteiger partial charge in [-0.05, 0) is 37.4 Å². The molecule has 2 aliphatic heterocycles. The number of nitrogens with one attached hydrogen (secondary N) is 1. The van der Waals surface area contributed by atoms with Crippen LogP contribution in [0, 0.1) is 5.92 Å². The van der Waals surface area contributed by atoms with Crippen LogP contribution in [0.3, 0.4) is 0 Å². The maximum atomic E-state index is 5.74. The average molecular weight is 243 g/mol. The minimum Gasteiger partial charge on any atom is -0.378 e. The predicted octanol–water partition coefficient (Wildman–Crippen LogP) is 2.68. The van der Waals surface area contributed by atoms with E-state index in [1.54, 1.807) is 0 Å². The molecule has 0 aliphatic carbocycles. The first-order chi connectivity index (χ1) is 7.81. The van der Waals surface area contributed by atoms with Crippen molar-refractivity contribution in [2.45, 2.75) is 56.9 Å². The minimum atomic E-state index is 0.513. The van der Waals surface area contributed by atoms with Gasteiger partial charge in [0.05, 0.1) is 6.10 Å². The summed E-state index contributed by atoms with van der Waals surface area (Å²) in [6.07, 6.45) is 5.67. The van der Waals surface area contributed by atoms with E-state index in [0.29, 0.717) is 6.10 Å². The Hall–Kier alpha value is 0.270. The van der Waals surface area contributed by atoms with Crippen molar-refractivity contribution in [3.8, 4) is 0 Å². The molecule has 0 spiro atoms. The Kier molecular flexibility index (Phi) is 4.98. The van der Waals surface area contributed by atoms with Crippen molar-refractivity contribution in [1.82, 2.24) is 5.32 Å². The molecule has 1 N–H and O–H groups in total. The first-order valence-corrected chi connectivity index (χ1v) is 7.82. The molecule has 0 radical (unpaired) electrons. The molecule has 0 aromatic heterocycles. The topological polar surface area (TPSA) is 21.3 Å². The number of thioether (sulfide) groups is 1. The summed E-state index contributed by atoms with van der Waals surface area (Å²) in [6.45, 7) is 6.74. The molecule has 3 heteroatoms. The number of ether oxygens (including phenoxy) is 1. The van der Waals surface area contributed by atoms with Crippen molar-refractivity contribution in [3.63, 3.8) is 0 Å². The van der Waals surface area contributed by atoms with E-state index in [4.69, 9.17) is 4.74 Å². The molecule has 2 aliphatic rings. The molecule has 2 rings (SSSR count). The van der Waals surface area contributed by atoms with Gasteiger partial charge in [0.25, 0.3) is 0 Å². The molecule has 94 valence electrons. The second kappa shape index (κ2) is 6.27. The van der Waals surface area contributed by atoms with Gasteiger partial charge < -0.3 is 10.1 Å². The highest BCUT2D eigenvalue weighted by Gasteiger charge is 2.28. The molecule has 0 bridgehead atoms. The van der Waals surface area contributed by atoms with E-state index in [0.717, 1.165) is 30.4 Å². The summed E-state index contributed by atoms with van der Waals surface area (Å²) in [4.78, 5) is 0. The zero-order chi connectivity index (χ0) is 11.4. The van der Waals surface area contributed by atoms with E-state index in [-0.39, 0.29) is 0 Å². The molecule has 0 amide bonds. The highest BCUT2D eigenvalue weighted by atomic mass is 32.2. The van der Waals surface area contributed by atoms with Gasteiger partial charge in [0.1, 0.15) is 0 Å². The fraction of sp³-hybridized carbons (Fsp3) is 1.00. The van der Waals surface area contributed by atoms with E-state index < -0.39 is 0 Å². The molecule has 2 nitrogen and oxygen atoms in total. The second-order valence-electron chi connectivity index (χ2n) is 5.10. The lowest BCUT2D eigenvalue weighted by Gasteiger charge is -2.30. The normalized spacial score (nSPS) is 40.1. The van der Waals surface area contributed by atoms with Crippen molar-refractivity contribution in [2.24, 2.45) is 5.92 Å². The molecule has 4 atom stereocenters. The van der Waals surface area contributed by atoms with E-state index in [9.17, 15) is 0 Å². The van der Waals surface area contributed by atoms with Gasteiger partial charge in [0, 0.05) is 24.4 Å². The Morgan fingerprint density at radius 3 is 3.00 bits per heavy atom. The summed E-state index contributed by atoms with van der Waals surface area (Å²) in [5.74, 6) is 2.10. The van der Waals surface area contributed by atoms with Crippen molar-refractivity contribution >= 4 is 11.8 Å². The SMILES string of the molecule is CCC1OCCC1CNC1CCCSC1C. The third-order valence-corrected chi connectivity index (χ3v) is 5.38. The first-order valence-electron chi connectivity index (χ1n) is 6.78. The van der Waals surface area contributed by atoms with Crippen LogP contribution in [0.25, 0.3) is 0 Å². The van der Waals surface area contributed by atoms with Gasteiger partial charge in [-0.25, -0.2) is 0 Å². The van der Waals surface area contributed by atoms with Crippen LogP contribution in [0.5, 0.6) is 0 Å². The molecule has 0 saturated carbocycles. The molecule has 16 heavy (non-hydrogen) atoms. The molecule has 2 saturated heterocycles. The van der Waals surface area contributed by atoms with Gasteiger partial charge in [0.15, 0.2) is 0 Å². The van der Waals surface area contributed by atoms with Gasteiger partial charge in [-0.15, -0.1) is 0 Å². The predicted molar refractivity (Wildman–Crippen MR) is 71.1 cm³/mol. The summed E-state index contributed by atoms with van der Waals surface area (Å²) < 4.78 is 5.74. The van der Waals surface area contributed by atoms with Gasteiger partial charge in [-0.3, -0.25) is 0 Å². The van der Waals surface area contributed by atoms with Gasteiger partial charge in [-0.1, -0.05) is 13.8 Å². The van der Waals surface area contributed by atoms with Crippen LogP contribution in [-0.2, 0) is 4.74 Å². The maximum absolute atomic E-state index is 5.74. The molecule has 2 heterocycles. The van der Waals surface area contributed by atoms with Crippen LogP contribution in [0.2, 0.25) is 0 Å². The molecular formula is C13H25NOS. The molecule has 0 aromatic rings. The van der Waals surface area contributed by atoms with Gasteiger partial charge >= 0.3 is 0 Å². The monoisotopic (exact) mass is 243 g/mol. The van der Waals surface area contributed by atoms with E-state index in [1.807, 2.05) is 0 Å². The summed E-state index contributed by atoms with van der Waals surface area (Å²) in [7, 11) is 0. The van der Waals surface area contributed by atoms with Gasteiger partial charge in [0.2, 0.25) is 0 Å². The van der Waals surface area contributed by atoms with Crippen molar-refractivity contribution in [1.29, 1.82) is 0 Å². The Morgan fingerprint density at radius 2 is 2.25 bits per heavy atom. The quantitative estimate of drug-likeness (QED) is 0.820. The Bertz CT molecular complexity index is 210. The van der Waals surface area contributed by atoms with Crippen molar-refractivity contribution < 1.29 is 4.74 Å². The van der Waals surface area contributed by atoms with E-state index in [2.05, 4.69) is 30.9 Å². The third-order valence-electron chi connectivity index (χ3n) is 4.00. The summed E-state index contributed by atoms with van der Waals surface area (Å²) in [5.41, 5.74) is 0. The van der Waals surface area contributed by atoms with Crippen molar-refractivity contribution in [3.05, 3.63) is 0 Å². The highest BCUT2D eigenvalue weighted by molar-refractivity contribution is 7.99. The van der Waals surface area contributed by atoms with Crippen LogP contribution in [-0.4, -0.2) is 36.3 Å². The lowest BCUT2D eigenvalue weighted by atomic mass is 9.98.